The van der Waals surface area contributed by atoms with Crippen molar-refractivity contribution in [3.63, 3.8) is 0 Å². The van der Waals surface area contributed by atoms with Crippen LogP contribution < -0.4 is 11.1 Å². The third-order valence-electron chi connectivity index (χ3n) is 3.21. The first kappa shape index (κ1) is 16.7. The lowest BCUT2D eigenvalue weighted by atomic mass is 10.2. The summed E-state index contributed by atoms with van der Waals surface area (Å²) in [5, 5.41) is 4.65. The molecule has 21 heavy (non-hydrogen) atoms. The number of benzene rings is 1. The number of nitrogens with two attached hydrogens (primary N) is 1. The van der Waals surface area contributed by atoms with Crippen LogP contribution in [0.2, 0.25) is 10.0 Å². The Kier molecular flexibility index (Phi) is 5.66. The minimum atomic E-state index is -0.114. The van der Waals surface area contributed by atoms with E-state index < -0.39 is 0 Å². The second kappa shape index (κ2) is 7.09. The van der Waals surface area contributed by atoms with E-state index in [-0.39, 0.29) is 5.91 Å². The molecule has 3 N–H and O–H groups in total. The van der Waals surface area contributed by atoms with E-state index in [1.165, 1.54) is 0 Å². The monoisotopic (exact) mass is 347 g/mol. The summed E-state index contributed by atoms with van der Waals surface area (Å²) in [6.45, 7) is 6.52. The number of halogens is 2. The van der Waals surface area contributed by atoms with Gasteiger partial charge in [0, 0.05) is 28.6 Å². The summed E-state index contributed by atoms with van der Waals surface area (Å²) in [5.74, 6) is -0.114. The molecule has 7 heteroatoms. The highest BCUT2D eigenvalue weighted by Crippen LogP contribution is 2.32. The topological polar surface area (TPSA) is 58.4 Å². The van der Waals surface area contributed by atoms with Crippen LogP contribution in [0, 0.1) is 0 Å². The van der Waals surface area contributed by atoms with Crippen LogP contribution in [0.3, 0.4) is 0 Å². The molecule has 2 rings (SSSR count). The van der Waals surface area contributed by atoms with E-state index in [9.17, 15) is 4.79 Å². The molecule has 0 spiro atoms. The van der Waals surface area contributed by atoms with Gasteiger partial charge < -0.3 is 11.1 Å². The molecule has 2 unspecified atom stereocenters. The molecule has 1 fully saturated rings. The van der Waals surface area contributed by atoms with E-state index in [4.69, 9.17) is 28.9 Å². The number of anilines is 2. The van der Waals surface area contributed by atoms with Gasteiger partial charge in [-0.1, -0.05) is 37.0 Å². The fraction of sp³-hybridized carbons (Fsp3) is 0.500. The zero-order chi connectivity index (χ0) is 15.6. The van der Waals surface area contributed by atoms with Crippen LogP contribution in [0.4, 0.5) is 11.4 Å². The van der Waals surface area contributed by atoms with E-state index in [2.05, 4.69) is 24.1 Å². The van der Waals surface area contributed by atoms with Gasteiger partial charge in [-0.25, -0.2) is 0 Å². The fourth-order valence-electron chi connectivity index (χ4n) is 2.52. The lowest BCUT2D eigenvalue weighted by molar-refractivity contribution is -0.117. The van der Waals surface area contributed by atoms with Crippen LogP contribution in [0.25, 0.3) is 0 Å². The van der Waals surface area contributed by atoms with Crippen molar-refractivity contribution in [1.29, 1.82) is 0 Å². The predicted octanol–water partition coefficient (Wildman–Crippen LogP) is 3.34. The Balaban J connectivity index is 1.99. The number of amides is 1. The van der Waals surface area contributed by atoms with Gasteiger partial charge in [-0.05, 0) is 12.1 Å². The van der Waals surface area contributed by atoms with Crippen molar-refractivity contribution in [1.82, 2.24) is 4.90 Å². The number of carbonyl (C=O) groups excluding carboxylic acids is 1. The minimum absolute atomic E-state index is 0.114. The van der Waals surface area contributed by atoms with Crippen LogP contribution in [0.1, 0.15) is 13.8 Å². The summed E-state index contributed by atoms with van der Waals surface area (Å²) in [7, 11) is 0. The number of carbonyl (C=O) groups is 1. The molecule has 0 radical (unpaired) electrons. The summed E-state index contributed by atoms with van der Waals surface area (Å²) in [5.41, 5.74) is 6.65. The molecule has 1 saturated heterocycles. The van der Waals surface area contributed by atoms with Crippen LogP contribution >= 0.6 is 35.0 Å². The van der Waals surface area contributed by atoms with Gasteiger partial charge in [0.25, 0.3) is 0 Å². The van der Waals surface area contributed by atoms with Crippen molar-refractivity contribution in [3.8, 4) is 0 Å². The van der Waals surface area contributed by atoms with Crippen molar-refractivity contribution in [2.24, 2.45) is 0 Å². The lowest BCUT2D eigenvalue weighted by Crippen LogP contribution is -2.44. The average Bonchev–Trinajstić information content (AvgIpc) is 2.32. The third kappa shape index (κ3) is 4.68. The quantitative estimate of drug-likeness (QED) is 0.823. The summed E-state index contributed by atoms with van der Waals surface area (Å²) < 4.78 is 0. The standard InChI is InChI=1S/C14H19Cl2N3OS/c1-8-5-19(6-9(2)21-8)7-13(20)18-14-11(16)3-10(15)4-12(14)17/h3-4,8-9H,5-7,17H2,1-2H3,(H,18,20). The zero-order valence-corrected chi connectivity index (χ0v) is 14.4. The molecule has 1 heterocycles. The molecular weight excluding hydrogens is 329 g/mol. The number of hydrogen-bond acceptors (Lipinski definition) is 4. The molecule has 1 aliphatic heterocycles. The SMILES string of the molecule is CC1CN(CC(=O)Nc2c(N)cc(Cl)cc2Cl)CC(C)S1. The Labute approximate surface area is 139 Å². The first-order valence-electron chi connectivity index (χ1n) is 6.77. The number of nitrogen functional groups attached to an aromatic ring is 1. The van der Waals surface area contributed by atoms with Crippen molar-refractivity contribution < 1.29 is 4.79 Å². The normalized spacial score (nSPS) is 23.0. The van der Waals surface area contributed by atoms with Gasteiger partial charge in [0.1, 0.15) is 0 Å². The van der Waals surface area contributed by atoms with Crippen LogP contribution in [0.15, 0.2) is 12.1 Å². The number of rotatable bonds is 3. The Morgan fingerprint density at radius 1 is 1.38 bits per heavy atom. The summed E-state index contributed by atoms with van der Waals surface area (Å²) in [6, 6.07) is 3.14. The molecule has 1 aromatic rings. The predicted molar refractivity (Wildman–Crippen MR) is 92.5 cm³/mol. The zero-order valence-electron chi connectivity index (χ0n) is 12.0. The van der Waals surface area contributed by atoms with E-state index in [1.807, 2.05) is 11.8 Å². The molecule has 0 aliphatic carbocycles. The Morgan fingerprint density at radius 2 is 2.00 bits per heavy atom. The summed E-state index contributed by atoms with van der Waals surface area (Å²) >= 11 is 13.9. The highest BCUT2D eigenvalue weighted by Gasteiger charge is 2.24. The highest BCUT2D eigenvalue weighted by atomic mass is 35.5. The minimum Gasteiger partial charge on any atom is -0.397 e. The molecule has 1 aliphatic rings. The molecule has 2 atom stereocenters. The van der Waals surface area contributed by atoms with Crippen molar-refractivity contribution in [2.75, 3.05) is 30.7 Å². The first-order chi connectivity index (χ1) is 9.85. The fourth-order valence-corrected chi connectivity index (χ4v) is 4.46. The van der Waals surface area contributed by atoms with Gasteiger partial charge in [-0.3, -0.25) is 9.69 Å². The second-order valence-electron chi connectivity index (χ2n) is 5.35. The lowest BCUT2D eigenvalue weighted by Gasteiger charge is -2.34. The Hall–Kier alpha value is -0.620. The summed E-state index contributed by atoms with van der Waals surface area (Å²) in [4.78, 5) is 14.3. The van der Waals surface area contributed by atoms with E-state index in [0.717, 1.165) is 13.1 Å². The molecule has 1 amide bonds. The third-order valence-corrected chi connectivity index (χ3v) is 4.96. The van der Waals surface area contributed by atoms with Gasteiger partial charge in [0.05, 0.1) is 22.9 Å². The maximum absolute atomic E-state index is 12.2. The van der Waals surface area contributed by atoms with Crippen LogP contribution in [-0.4, -0.2) is 40.9 Å². The number of nitrogens with zero attached hydrogens (tertiary/aromatic N) is 1. The molecule has 0 aromatic heterocycles. The molecule has 0 bridgehead atoms. The number of hydrogen-bond donors (Lipinski definition) is 2. The van der Waals surface area contributed by atoms with E-state index in [0.29, 0.717) is 38.5 Å². The van der Waals surface area contributed by atoms with E-state index >= 15 is 0 Å². The second-order valence-corrected chi connectivity index (χ2v) is 8.08. The van der Waals surface area contributed by atoms with Crippen LogP contribution in [0.5, 0.6) is 0 Å². The average molecular weight is 348 g/mol. The molecule has 4 nitrogen and oxygen atoms in total. The summed E-state index contributed by atoms with van der Waals surface area (Å²) in [6.07, 6.45) is 0. The van der Waals surface area contributed by atoms with Crippen molar-refractivity contribution in [2.45, 2.75) is 24.3 Å². The molecule has 116 valence electrons. The first-order valence-corrected chi connectivity index (χ1v) is 8.47. The Morgan fingerprint density at radius 3 is 2.57 bits per heavy atom. The number of thioether (sulfide) groups is 1. The van der Waals surface area contributed by atoms with Gasteiger partial charge in [-0.15, -0.1) is 0 Å². The largest absolute Gasteiger partial charge is 0.397 e. The highest BCUT2D eigenvalue weighted by molar-refractivity contribution is 8.00. The van der Waals surface area contributed by atoms with Crippen LogP contribution in [-0.2, 0) is 4.79 Å². The maximum atomic E-state index is 12.2. The van der Waals surface area contributed by atoms with E-state index in [1.54, 1.807) is 12.1 Å². The molecule has 1 aromatic carbocycles. The Bertz CT molecular complexity index is 508. The number of nitrogens with one attached hydrogen (secondary N) is 1. The van der Waals surface area contributed by atoms with Crippen molar-refractivity contribution >= 4 is 52.2 Å². The maximum Gasteiger partial charge on any atom is 0.238 e. The van der Waals surface area contributed by atoms with Gasteiger partial charge in [-0.2, -0.15) is 11.8 Å². The molecule has 0 saturated carbocycles. The smallest absolute Gasteiger partial charge is 0.238 e. The van der Waals surface area contributed by atoms with Gasteiger partial charge in [0.15, 0.2) is 0 Å². The van der Waals surface area contributed by atoms with Crippen molar-refractivity contribution in [3.05, 3.63) is 22.2 Å². The molecular formula is C14H19Cl2N3OS. The van der Waals surface area contributed by atoms with Gasteiger partial charge in [0.2, 0.25) is 5.91 Å². The van der Waals surface area contributed by atoms with Gasteiger partial charge >= 0.3 is 0 Å².